The van der Waals surface area contributed by atoms with E-state index in [1.54, 1.807) is 23.1 Å². The Bertz CT molecular complexity index is 543. The summed E-state index contributed by atoms with van der Waals surface area (Å²) in [6.07, 6.45) is 3.43. The molecule has 0 fully saturated rings. The smallest absolute Gasteiger partial charge is 0.254 e. The van der Waals surface area contributed by atoms with Gasteiger partial charge in [-0.05, 0) is 42.8 Å². The van der Waals surface area contributed by atoms with Gasteiger partial charge in [-0.3, -0.25) is 0 Å². The van der Waals surface area contributed by atoms with E-state index in [1.807, 2.05) is 20.8 Å². The van der Waals surface area contributed by atoms with Gasteiger partial charge in [0.25, 0.3) is 5.95 Å². The highest BCUT2D eigenvalue weighted by molar-refractivity contribution is 9.10. The number of hydrogen-bond donors (Lipinski definition) is 2. The van der Waals surface area contributed by atoms with Crippen molar-refractivity contribution < 1.29 is 0 Å². The molecule has 0 spiro atoms. The van der Waals surface area contributed by atoms with E-state index in [-0.39, 0.29) is 5.54 Å². The molecule has 7 heteroatoms. The fourth-order valence-electron chi connectivity index (χ4n) is 1.38. The van der Waals surface area contributed by atoms with Crippen molar-refractivity contribution in [3.05, 3.63) is 22.9 Å². The summed E-state index contributed by atoms with van der Waals surface area (Å²) in [5.74, 6) is 1.47. The molecule has 2 rings (SSSR count). The van der Waals surface area contributed by atoms with Crippen LogP contribution in [0, 0.1) is 0 Å². The highest BCUT2D eigenvalue weighted by Crippen LogP contribution is 2.28. The van der Waals surface area contributed by atoms with Crippen LogP contribution in [0.3, 0.4) is 0 Å². The van der Waals surface area contributed by atoms with Gasteiger partial charge < -0.3 is 11.1 Å². The third-order valence-electron chi connectivity index (χ3n) is 2.07. The fourth-order valence-corrected chi connectivity index (χ4v) is 1.66. The Morgan fingerprint density at radius 1 is 1.33 bits per heavy atom. The molecule has 0 unspecified atom stereocenters. The molecule has 0 aliphatic carbocycles. The second-order valence-corrected chi connectivity index (χ2v) is 5.69. The van der Waals surface area contributed by atoms with Gasteiger partial charge in [0, 0.05) is 17.9 Å². The van der Waals surface area contributed by atoms with Crippen LogP contribution in [0.2, 0.25) is 0 Å². The summed E-state index contributed by atoms with van der Waals surface area (Å²) in [5, 5.41) is 7.36. The SMILES string of the molecule is CC(C)(C)Nc1nc(-n2cccn2)nc(N)c1Br. The molecule has 0 aliphatic rings. The van der Waals surface area contributed by atoms with Crippen molar-refractivity contribution in [2.75, 3.05) is 11.1 Å². The summed E-state index contributed by atoms with van der Waals surface area (Å²) in [6.45, 7) is 6.14. The molecule has 2 aromatic heterocycles. The molecule has 0 saturated carbocycles. The molecular formula is C11H15BrN6. The molecule has 0 aromatic carbocycles. The molecule has 2 aromatic rings. The average molecular weight is 311 g/mol. The van der Waals surface area contributed by atoms with E-state index in [2.05, 4.69) is 36.3 Å². The molecule has 3 N–H and O–H groups in total. The lowest BCUT2D eigenvalue weighted by atomic mass is 10.1. The van der Waals surface area contributed by atoms with E-state index in [4.69, 9.17) is 5.73 Å². The van der Waals surface area contributed by atoms with Gasteiger partial charge in [-0.25, -0.2) is 4.68 Å². The van der Waals surface area contributed by atoms with Gasteiger partial charge in [-0.2, -0.15) is 15.1 Å². The number of nitrogens with zero attached hydrogens (tertiary/aromatic N) is 4. The predicted octanol–water partition coefficient (Wildman–Crippen LogP) is 2.22. The second kappa shape index (κ2) is 4.56. The third kappa shape index (κ3) is 2.79. The van der Waals surface area contributed by atoms with Gasteiger partial charge in [0.2, 0.25) is 0 Å². The zero-order chi connectivity index (χ0) is 13.3. The molecule has 0 amide bonds. The van der Waals surface area contributed by atoms with Crippen molar-refractivity contribution in [1.82, 2.24) is 19.7 Å². The number of hydrogen-bond acceptors (Lipinski definition) is 5. The molecule has 0 aliphatic heterocycles. The highest BCUT2D eigenvalue weighted by Gasteiger charge is 2.16. The van der Waals surface area contributed by atoms with Crippen LogP contribution in [0.1, 0.15) is 20.8 Å². The second-order valence-electron chi connectivity index (χ2n) is 4.90. The Morgan fingerprint density at radius 3 is 2.61 bits per heavy atom. The maximum absolute atomic E-state index is 5.87. The van der Waals surface area contributed by atoms with E-state index in [0.29, 0.717) is 22.1 Å². The molecule has 18 heavy (non-hydrogen) atoms. The van der Waals surface area contributed by atoms with Gasteiger partial charge in [-0.15, -0.1) is 0 Å². The van der Waals surface area contributed by atoms with E-state index in [1.165, 1.54) is 0 Å². The van der Waals surface area contributed by atoms with Gasteiger partial charge in [0.1, 0.15) is 16.1 Å². The maximum Gasteiger partial charge on any atom is 0.254 e. The Hall–Kier alpha value is -1.63. The molecule has 0 atom stereocenters. The first-order valence-electron chi connectivity index (χ1n) is 5.48. The summed E-state index contributed by atoms with van der Waals surface area (Å²) < 4.78 is 2.23. The number of rotatable bonds is 2. The molecule has 2 heterocycles. The van der Waals surface area contributed by atoms with Crippen molar-refractivity contribution in [2.45, 2.75) is 26.3 Å². The fraction of sp³-hybridized carbons (Fsp3) is 0.364. The van der Waals surface area contributed by atoms with Gasteiger partial charge in [0.05, 0.1) is 0 Å². The minimum absolute atomic E-state index is 0.120. The monoisotopic (exact) mass is 310 g/mol. The van der Waals surface area contributed by atoms with Crippen LogP contribution < -0.4 is 11.1 Å². The van der Waals surface area contributed by atoms with Crippen LogP contribution in [0.15, 0.2) is 22.9 Å². The first-order chi connectivity index (χ1) is 8.37. The lowest BCUT2D eigenvalue weighted by molar-refractivity contribution is 0.628. The summed E-state index contributed by atoms with van der Waals surface area (Å²) in [6, 6.07) is 1.80. The zero-order valence-corrected chi connectivity index (χ0v) is 12.1. The standard InChI is InChI=1S/C11H15BrN6/c1-11(2,3)17-9-7(12)8(13)15-10(16-9)18-6-4-5-14-18/h4-6H,1-3H3,(H3,13,15,16,17). The number of halogens is 1. The molecule has 96 valence electrons. The summed E-state index contributed by atoms with van der Waals surface area (Å²) in [5.41, 5.74) is 5.75. The van der Waals surface area contributed by atoms with Crippen LogP contribution >= 0.6 is 15.9 Å². The highest BCUT2D eigenvalue weighted by atomic mass is 79.9. The van der Waals surface area contributed by atoms with Gasteiger partial charge >= 0.3 is 0 Å². The largest absolute Gasteiger partial charge is 0.383 e. The van der Waals surface area contributed by atoms with Gasteiger partial charge in [0.15, 0.2) is 0 Å². The van der Waals surface area contributed by atoms with Crippen LogP contribution in [-0.2, 0) is 0 Å². The third-order valence-corrected chi connectivity index (χ3v) is 2.85. The Labute approximate surface area is 114 Å². The van der Waals surface area contributed by atoms with E-state index < -0.39 is 0 Å². The number of aromatic nitrogens is 4. The molecule has 0 bridgehead atoms. The molecular weight excluding hydrogens is 296 g/mol. The molecule has 6 nitrogen and oxygen atoms in total. The normalized spacial score (nSPS) is 11.6. The summed E-state index contributed by atoms with van der Waals surface area (Å²) >= 11 is 3.39. The molecule has 0 radical (unpaired) electrons. The van der Waals surface area contributed by atoms with E-state index in [0.717, 1.165) is 0 Å². The van der Waals surface area contributed by atoms with Crippen molar-refractivity contribution in [1.29, 1.82) is 0 Å². The lowest BCUT2D eigenvalue weighted by Crippen LogP contribution is -2.27. The van der Waals surface area contributed by atoms with Crippen molar-refractivity contribution in [3.63, 3.8) is 0 Å². The van der Waals surface area contributed by atoms with Crippen LogP contribution in [0.4, 0.5) is 11.6 Å². The van der Waals surface area contributed by atoms with E-state index >= 15 is 0 Å². The first kappa shape index (κ1) is 12.8. The first-order valence-corrected chi connectivity index (χ1v) is 6.27. The van der Waals surface area contributed by atoms with E-state index in [9.17, 15) is 0 Å². The van der Waals surface area contributed by atoms with Crippen molar-refractivity contribution in [2.24, 2.45) is 0 Å². The minimum Gasteiger partial charge on any atom is -0.383 e. The maximum atomic E-state index is 5.87. The number of nitrogens with one attached hydrogen (secondary N) is 1. The van der Waals surface area contributed by atoms with Crippen LogP contribution in [-0.4, -0.2) is 25.3 Å². The topological polar surface area (TPSA) is 81.7 Å². The Balaban J connectivity index is 2.47. The molecule has 0 saturated heterocycles. The number of anilines is 2. The Kier molecular flexibility index (Phi) is 3.25. The lowest BCUT2D eigenvalue weighted by Gasteiger charge is -2.22. The van der Waals surface area contributed by atoms with Crippen molar-refractivity contribution >= 4 is 27.6 Å². The average Bonchev–Trinajstić information content (AvgIpc) is 2.75. The zero-order valence-electron chi connectivity index (χ0n) is 10.5. The number of nitrogens with two attached hydrogens (primary N) is 1. The van der Waals surface area contributed by atoms with Crippen molar-refractivity contribution in [3.8, 4) is 5.95 Å². The minimum atomic E-state index is -0.120. The predicted molar refractivity (Wildman–Crippen MR) is 74.6 cm³/mol. The van der Waals surface area contributed by atoms with Crippen LogP contribution in [0.5, 0.6) is 0 Å². The van der Waals surface area contributed by atoms with Gasteiger partial charge in [-0.1, -0.05) is 0 Å². The Morgan fingerprint density at radius 2 is 2.06 bits per heavy atom. The van der Waals surface area contributed by atoms with Crippen LogP contribution in [0.25, 0.3) is 5.95 Å². The summed E-state index contributed by atoms with van der Waals surface area (Å²) in [7, 11) is 0. The number of nitrogen functional groups attached to an aromatic ring is 1. The summed E-state index contributed by atoms with van der Waals surface area (Å²) in [4.78, 5) is 8.60. The quantitative estimate of drug-likeness (QED) is 0.888.